The first-order chi connectivity index (χ1) is 17.4. The predicted molar refractivity (Wildman–Crippen MR) is 131 cm³/mol. The SMILES string of the molecule is O=C(O)CNCC[N+](CC(=O)O)(CC(=O)O)CC(Cc1ccc(N=C=S)cc1)N(CC(=O)O)CC(=O)O. The molecule has 0 aromatic heterocycles. The van der Waals surface area contributed by atoms with E-state index in [1.54, 1.807) is 24.3 Å². The summed E-state index contributed by atoms with van der Waals surface area (Å²) in [4.78, 5) is 62.4. The summed E-state index contributed by atoms with van der Waals surface area (Å²) in [5.74, 6) is -6.47. The first kappa shape index (κ1) is 31.3. The summed E-state index contributed by atoms with van der Waals surface area (Å²) < 4.78 is -0.592. The van der Waals surface area contributed by atoms with Gasteiger partial charge in [-0.05, 0) is 36.3 Å². The molecule has 1 unspecified atom stereocenters. The predicted octanol–water partition coefficient (Wildman–Crippen LogP) is -0.537. The van der Waals surface area contributed by atoms with Crippen LogP contribution in [0.2, 0.25) is 0 Å². The molecule has 15 heteroatoms. The van der Waals surface area contributed by atoms with Crippen LogP contribution in [0.1, 0.15) is 5.56 Å². The highest BCUT2D eigenvalue weighted by Gasteiger charge is 2.38. The van der Waals surface area contributed by atoms with E-state index in [2.05, 4.69) is 27.7 Å². The third-order valence-corrected chi connectivity index (χ3v) is 5.45. The van der Waals surface area contributed by atoms with Crippen molar-refractivity contribution in [1.82, 2.24) is 10.2 Å². The topological polar surface area (TPSA) is 214 Å². The van der Waals surface area contributed by atoms with Gasteiger partial charge in [-0.3, -0.25) is 19.3 Å². The normalized spacial score (nSPS) is 11.9. The van der Waals surface area contributed by atoms with E-state index in [0.29, 0.717) is 11.3 Å². The number of aliphatic imine (C=N–C) groups is 1. The third-order valence-electron chi connectivity index (χ3n) is 5.35. The standard InChI is InChI=1S/C22H28N4O10S/c27-18(28)8-23-5-6-26(12-21(33)34,13-22(35)36)11-17(25(9-19(29)30)10-20(31)32)7-15-1-3-16(4-2-15)24-14-37/h1-4,17,23H,5-13H2,(H4-,27,28,29,30,31,32,33,34,35,36)/p+1. The molecule has 0 amide bonds. The number of carboxylic acids is 5. The number of hydrogen-bond acceptors (Lipinski definition) is 9. The second-order valence-electron chi connectivity index (χ2n) is 8.34. The van der Waals surface area contributed by atoms with Crippen molar-refractivity contribution in [2.75, 3.05) is 52.4 Å². The number of carbonyl (C=O) groups is 5. The lowest BCUT2D eigenvalue weighted by Gasteiger charge is -2.41. The van der Waals surface area contributed by atoms with Crippen LogP contribution in [0, 0.1) is 0 Å². The first-order valence-corrected chi connectivity index (χ1v) is 11.3. The minimum Gasteiger partial charge on any atom is -0.480 e. The average molecular weight is 542 g/mol. The second-order valence-corrected chi connectivity index (χ2v) is 8.52. The van der Waals surface area contributed by atoms with E-state index in [0.717, 1.165) is 4.90 Å². The van der Waals surface area contributed by atoms with Crippen LogP contribution in [-0.2, 0) is 30.4 Å². The molecule has 0 spiro atoms. The number of nitrogens with zero attached hydrogens (tertiary/aromatic N) is 3. The highest BCUT2D eigenvalue weighted by Crippen LogP contribution is 2.19. The lowest BCUT2D eigenvalue weighted by Crippen LogP contribution is -2.62. The van der Waals surface area contributed by atoms with Gasteiger partial charge in [-0.15, -0.1) is 0 Å². The van der Waals surface area contributed by atoms with Crippen LogP contribution in [0.15, 0.2) is 29.3 Å². The molecule has 6 N–H and O–H groups in total. The van der Waals surface area contributed by atoms with E-state index in [4.69, 9.17) is 5.11 Å². The van der Waals surface area contributed by atoms with Crippen molar-refractivity contribution in [3.63, 3.8) is 0 Å². The van der Waals surface area contributed by atoms with Gasteiger partial charge in [0.1, 0.15) is 0 Å². The maximum absolute atomic E-state index is 11.8. The fraction of sp³-hybridized carbons (Fsp3) is 0.455. The Labute approximate surface area is 217 Å². The molecule has 1 aromatic carbocycles. The molecular formula is C22H29N4O10S+. The number of nitrogens with one attached hydrogen (secondary N) is 1. The second kappa shape index (κ2) is 15.4. The monoisotopic (exact) mass is 541 g/mol. The molecule has 37 heavy (non-hydrogen) atoms. The van der Waals surface area contributed by atoms with Gasteiger partial charge in [-0.25, -0.2) is 9.59 Å². The maximum Gasteiger partial charge on any atom is 0.359 e. The van der Waals surface area contributed by atoms with Gasteiger partial charge < -0.3 is 35.3 Å². The van der Waals surface area contributed by atoms with Crippen LogP contribution in [0.4, 0.5) is 5.69 Å². The summed E-state index contributed by atoms with van der Waals surface area (Å²) in [5.41, 5.74) is 1.12. The number of thiocarbonyl (C=S) groups is 1. The number of carboxylic acid groups (broad SMARTS) is 5. The Kier molecular flexibility index (Phi) is 13.0. The first-order valence-electron chi connectivity index (χ1n) is 10.9. The zero-order valence-electron chi connectivity index (χ0n) is 19.8. The lowest BCUT2D eigenvalue weighted by atomic mass is 10.0. The Morgan fingerprint density at radius 1 is 0.892 bits per heavy atom. The van der Waals surface area contributed by atoms with Gasteiger partial charge in [0.05, 0.1) is 49.6 Å². The minimum atomic E-state index is -1.33. The van der Waals surface area contributed by atoms with Gasteiger partial charge in [0.15, 0.2) is 13.1 Å². The summed E-state index contributed by atoms with van der Waals surface area (Å²) in [6, 6.07) is 5.60. The zero-order chi connectivity index (χ0) is 28.0. The molecule has 202 valence electrons. The lowest BCUT2D eigenvalue weighted by molar-refractivity contribution is -0.915. The molecular weight excluding hydrogens is 512 g/mol. The summed E-state index contributed by atoms with van der Waals surface area (Å²) in [5, 5.41) is 51.6. The largest absolute Gasteiger partial charge is 0.480 e. The van der Waals surface area contributed by atoms with Crippen LogP contribution in [0.25, 0.3) is 0 Å². The van der Waals surface area contributed by atoms with Crippen molar-refractivity contribution in [2.24, 2.45) is 4.99 Å². The highest BCUT2D eigenvalue weighted by molar-refractivity contribution is 7.78. The molecule has 0 aliphatic carbocycles. The molecule has 0 fully saturated rings. The van der Waals surface area contributed by atoms with Gasteiger partial charge >= 0.3 is 29.8 Å². The van der Waals surface area contributed by atoms with Crippen molar-refractivity contribution >= 4 is 52.9 Å². The number of hydrogen-bond donors (Lipinski definition) is 6. The zero-order valence-corrected chi connectivity index (χ0v) is 20.6. The Morgan fingerprint density at radius 3 is 1.86 bits per heavy atom. The van der Waals surface area contributed by atoms with E-state index < -0.39 is 73.1 Å². The van der Waals surface area contributed by atoms with Gasteiger partial charge in [0.2, 0.25) is 0 Å². The van der Waals surface area contributed by atoms with Gasteiger partial charge in [-0.1, -0.05) is 12.1 Å². The van der Waals surface area contributed by atoms with Crippen LogP contribution in [0.5, 0.6) is 0 Å². The smallest absolute Gasteiger partial charge is 0.359 e. The molecule has 0 saturated carbocycles. The number of quaternary nitrogens is 1. The molecule has 14 nitrogen and oxygen atoms in total. The quantitative estimate of drug-likeness (QED) is 0.0562. The molecule has 0 radical (unpaired) electrons. The Bertz CT molecular complexity index is 995. The number of rotatable bonds is 19. The van der Waals surface area contributed by atoms with Crippen molar-refractivity contribution in [3.05, 3.63) is 29.8 Å². The van der Waals surface area contributed by atoms with Crippen LogP contribution in [-0.4, -0.2) is 128 Å². The van der Waals surface area contributed by atoms with E-state index in [-0.39, 0.29) is 26.1 Å². The number of isothiocyanates is 1. The molecule has 1 atom stereocenters. The van der Waals surface area contributed by atoms with Crippen molar-refractivity contribution < 1.29 is 54.0 Å². The van der Waals surface area contributed by atoms with E-state index in [9.17, 15) is 44.4 Å². The Balaban J connectivity index is 3.47. The average Bonchev–Trinajstić information content (AvgIpc) is 2.75. The Morgan fingerprint density at radius 2 is 1.43 bits per heavy atom. The van der Waals surface area contributed by atoms with Crippen LogP contribution in [0.3, 0.4) is 0 Å². The summed E-state index contributed by atoms with van der Waals surface area (Å²) in [6.45, 7) is -3.59. The molecule has 1 rings (SSSR count). The van der Waals surface area contributed by atoms with Gasteiger partial charge in [0.25, 0.3) is 0 Å². The molecule has 0 saturated heterocycles. The molecule has 0 aliphatic rings. The number of benzene rings is 1. The van der Waals surface area contributed by atoms with Crippen LogP contribution < -0.4 is 5.32 Å². The number of aliphatic carboxylic acids is 5. The summed E-state index contributed by atoms with van der Waals surface area (Å²) in [6.07, 6.45) is 0.0595. The molecule has 1 aromatic rings. The van der Waals surface area contributed by atoms with Gasteiger partial charge in [0, 0.05) is 6.54 Å². The molecule has 0 bridgehead atoms. The fourth-order valence-corrected chi connectivity index (χ4v) is 4.07. The van der Waals surface area contributed by atoms with Gasteiger partial charge in [-0.2, -0.15) is 4.99 Å². The van der Waals surface area contributed by atoms with E-state index in [1.807, 2.05) is 0 Å². The van der Waals surface area contributed by atoms with Crippen molar-refractivity contribution in [3.8, 4) is 0 Å². The minimum absolute atomic E-state index is 0.0539. The van der Waals surface area contributed by atoms with E-state index >= 15 is 0 Å². The maximum atomic E-state index is 11.8. The molecule has 0 aliphatic heterocycles. The van der Waals surface area contributed by atoms with Crippen molar-refractivity contribution in [1.29, 1.82) is 0 Å². The van der Waals surface area contributed by atoms with E-state index in [1.165, 1.54) is 0 Å². The highest BCUT2D eigenvalue weighted by atomic mass is 32.1. The van der Waals surface area contributed by atoms with Crippen LogP contribution >= 0.6 is 12.2 Å². The summed E-state index contributed by atoms with van der Waals surface area (Å²) >= 11 is 4.57. The Hall–Kier alpha value is -3.75. The third kappa shape index (κ3) is 12.7. The summed E-state index contributed by atoms with van der Waals surface area (Å²) in [7, 11) is 0. The van der Waals surface area contributed by atoms with Crippen molar-refractivity contribution in [2.45, 2.75) is 12.5 Å². The fourth-order valence-electron chi connectivity index (χ4n) is 3.97. The molecule has 0 heterocycles.